The summed E-state index contributed by atoms with van der Waals surface area (Å²) in [5.41, 5.74) is 1.86. The molecule has 1 aromatic rings. The second-order valence-electron chi connectivity index (χ2n) is 3.50. The summed E-state index contributed by atoms with van der Waals surface area (Å²) in [6.45, 7) is 3.46. The Balaban J connectivity index is 2.23. The van der Waals surface area contributed by atoms with Crippen molar-refractivity contribution < 1.29 is 4.79 Å². The van der Waals surface area contributed by atoms with Crippen molar-refractivity contribution in [1.82, 2.24) is 4.90 Å². The third-order valence-electron chi connectivity index (χ3n) is 2.48. The summed E-state index contributed by atoms with van der Waals surface area (Å²) in [6.07, 6.45) is 4.05. The molecule has 0 radical (unpaired) electrons. The van der Waals surface area contributed by atoms with E-state index in [2.05, 4.69) is 0 Å². The van der Waals surface area contributed by atoms with Crippen LogP contribution in [0.1, 0.15) is 15.9 Å². The zero-order chi connectivity index (χ0) is 9.97. The third kappa shape index (κ3) is 1.55. The molecule has 0 spiro atoms. The van der Waals surface area contributed by atoms with E-state index in [1.54, 1.807) is 0 Å². The molecule has 1 heterocycles. The minimum atomic E-state index is 0.133. The fourth-order valence-corrected chi connectivity index (χ4v) is 1.63. The number of rotatable bonds is 1. The molecule has 1 amide bonds. The van der Waals surface area contributed by atoms with Crippen molar-refractivity contribution >= 4 is 5.91 Å². The summed E-state index contributed by atoms with van der Waals surface area (Å²) >= 11 is 0. The Hall–Kier alpha value is -1.57. The molecule has 0 aliphatic carbocycles. The number of amides is 1. The first-order valence-electron chi connectivity index (χ1n) is 4.79. The lowest BCUT2D eigenvalue weighted by molar-refractivity contribution is 0.0799. The summed E-state index contributed by atoms with van der Waals surface area (Å²) in [5.74, 6) is 0.133. The highest BCUT2D eigenvalue weighted by molar-refractivity contribution is 5.96. The first-order chi connectivity index (χ1) is 6.79. The van der Waals surface area contributed by atoms with Crippen molar-refractivity contribution in [1.29, 1.82) is 0 Å². The number of nitrogens with zero attached hydrogens (tertiary/aromatic N) is 1. The van der Waals surface area contributed by atoms with Gasteiger partial charge in [0.15, 0.2) is 0 Å². The maximum Gasteiger partial charge on any atom is 0.254 e. The molecule has 72 valence electrons. The van der Waals surface area contributed by atoms with Gasteiger partial charge < -0.3 is 4.90 Å². The molecule has 0 atom stereocenters. The summed E-state index contributed by atoms with van der Waals surface area (Å²) < 4.78 is 0. The number of carbonyl (C=O) groups excluding carboxylic acids is 1. The van der Waals surface area contributed by atoms with E-state index in [1.165, 1.54) is 0 Å². The first kappa shape index (κ1) is 9.00. The highest BCUT2D eigenvalue weighted by Gasteiger charge is 2.17. The van der Waals surface area contributed by atoms with Gasteiger partial charge in [-0.1, -0.05) is 30.4 Å². The predicted octanol–water partition coefficient (Wildman–Crippen LogP) is 2.01. The van der Waals surface area contributed by atoms with Gasteiger partial charge in [-0.25, -0.2) is 0 Å². The number of carbonyl (C=O) groups is 1. The van der Waals surface area contributed by atoms with Crippen LogP contribution in [-0.2, 0) is 0 Å². The average molecular weight is 187 g/mol. The lowest BCUT2D eigenvalue weighted by atomic mass is 10.1. The van der Waals surface area contributed by atoms with Crippen molar-refractivity contribution in [2.24, 2.45) is 0 Å². The molecule has 0 fully saturated rings. The van der Waals surface area contributed by atoms with E-state index in [9.17, 15) is 4.79 Å². The summed E-state index contributed by atoms with van der Waals surface area (Å²) in [4.78, 5) is 13.8. The molecule has 14 heavy (non-hydrogen) atoms. The van der Waals surface area contributed by atoms with Crippen LogP contribution in [0.4, 0.5) is 0 Å². The van der Waals surface area contributed by atoms with Crippen LogP contribution < -0.4 is 0 Å². The quantitative estimate of drug-likeness (QED) is 0.616. The van der Waals surface area contributed by atoms with Gasteiger partial charge in [-0.3, -0.25) is 4.79 Å². The highest BCUT2D eigenvalue weighted by Crippen LogP contribution is 2.12. The molecular weight excluding hydrogens is 174 g/mol. The van der Waals surface area contributed by atoms with Crippen molar-refractivity contribution in [2.75, 3.05) is 13.1 Å². The van der Waals surface area contributed by atoms with Crippen LogP contribution in [0.5, 0.6) is 0 Å². The van der Waals surface area contributed by atoms with E-state index in [4.69, 9.17) is 0 Å². The standard InChI is InChI=1S/C12H13NO/c1-10-6-2-3-7-11(10)12(14)13-8-4-5-9-13/h2-7H,8-9H2,1H3. The Bertz CT molecular complexity index is 374. The fraction of sp³-hybridized carbons (Fsp3) is 0.250. The Morgan fingerprint density at radius 1 is 1.21 bits per heavy atom. The van der Waals surface area contributed by atoms with Crippen LogP contribution in [0.3, 0.4) is 0 Å². The van der Waals surface area contributed by atoms with Gasteiger partial charge in [0.05, 0.1) is 0 Å². The van der Waals surface area contributed by atoms with E-state index < -0.39 is 0 Å². The maximum absolute atomic E-state index is 12.0. The fourth-order valence-electron chi connectivity index (χ4n) is 1.63. The largest absolute Gasteiger partial charge is 0.331 e. The minimum absolute atomic E-state index is 0.133. The van der Waals surface area contributed by atoms with Crippen molar-refractivity contribution in [3.8, 4) is 0 Å². The maximum atomic E-state index is 12.0. The highest BCUT2D eigenvalue weighted by atomic mass is 16.2. The summed E-state index contributed by atoms with van der Waals surface area (Å²) in [6, 6.07) is 7.71. The van der Waals surface area contributed by atoms with Crippen LogP contribution >= 0.6 is 0 Å². The molecule has 0 N–H and O–H groups in total. The SMILES string of the molecule is Cc1ccccc1C(=O)N1CC=CC1. The van der Waals surface area contributed by atoms with Gasteiger partial charge in [-0.15, -0.1) is 0 Å². The molecule has 2 heteroatoms. The van der Waals surface area contributed by atoms with E-state index in [0.717, 1.165) is 24.2 Å². The second kappa shape index (κ2) is 3.66. The second-order valence-corrected chi connectivity index (χ2v) is 3.50. The van der Waals surface area contributed by atoms with Gasteiger partial charge in [-0.05, 0) is 18.6 Å². The lowest BCUT2D eigenvalue weighted by Crippen LogP contribution is -2.28. The molecule has 0 saturated heterocycles. The van der Waals surface area contributed by atoms with Crippen molar-refractivity contribution in [3.05, 3.63) is 47.5 Å². The van der Waals surface area contributed by atoms with Crippen LogP contribution in [0.25, 0.3) is 0 Å². The van der Waals surface area contributed by atoms with E-state index in [1.807, 2.05) is 48.2 Å². The number of hydrogen-bond acceptors (Lipinski definition) is 1. The summed E-state index contributed by atoms with van der Waals surface area (Å²) in [5, 5.41) is 0. The Morgan fingerprint density at radius 2 is 1.86 bits per heavy atom. The van der Waals surface area contributed by atoms with Crippen molar-refractivity contribution in [2.45, 2.75) is 6.92 Å². The number of benzene rings is 1. The Kier molecular flexibility index (Phi) is 2.35. The molecule has 1 aliphatic rings. The molecule has 2 rings (SSSR count). The molecule has 2 nitrogen and oxygen atoms in total. The normalized spacial score (nSPS) is 14.8. The zero-order valence-corrected chi connectivity index (χ0v) is 8.23. The number of hydrogen-bond donors (Lipinski definition) is 0. The van der Waals surface area contributed by atoms with Gasteiger partial charge in [0, 0.05) is 18.7 Å². The van der Waals surface area contributed by atoms with E-state index >= 15 is 0 Å². The number of aryl methyl sites for hydroxylation is 1. The molecule has 1 aliphatic heterocycles. The first-order valence-corrected chi connectivity index (χ1v) is 4.79. The topological polar surface area (TPSA) is 20.3 Å². The van der Waals surface area contributed by atoms with Gasteiger partial charge in [-0.2, -0.15) is 0 Å². The molecular formula is C12H13NO. The van der Waals surface area contributed by atoms with Crippen molar-refractivity contribution in [3.63, 3.8) is 0 Å². The molecule has 0 saturated carbocycles. The predicted molar refractivity (Wildman–Crippen MR) is 56.2 cm³/mol. The van der Waals surface area contributed by atoms with E-state index in [0.29, 0.717) is 0 Å². The van der Waals surface area contributed by atoms with E-state index in [-0.39, 0.29) is 5.91 Å². The average Bonchev–Trinajstić information content (AvgIpc) is 2.70. The van der Waals surface area contributed by atoms with Gasteiger partial charge in [0.1, 0.15) is 0 Å². The van der Waals surface area contributed by atoms with Gasteiger partial charge in [0.25, 0.3) is 5.91 Å². The zero-order valence-electron chi connectivity index (χ0n) is 8.23. The van der Waals surface area contributed by atoms with Crippen LogP contribution in [0.15, 0.2) is 36.4 Å². The van der Waals surface area contributed by atoms with Gasteiger partial charge >= 0.3 is 0 Å². The molecule has 0 unspecified atom stereocenters. The molecule has 0 bridgehead atoms. The Labute approximate surface area is 83.8 Å². The summed E-state index contributed by atoms with van der Waals surface area (Å²) in [7, 11) is 0. The van der Waals surface area contributed by atoms with Crippen LogP contribution in [-0.4, -0.2) is 23.9 Å². The van der Waals surface area contributed by atoms with Gasteiger partial charge in [0.2, 0.25) is 0 Å². The van der Waals surface area contributed by atoms with Crippen LogP contribution in [0.2, 0.25) is 0 Å². The Morgan fingerprint density at radius 3 is 2.50 bits per heavy atom. The molecule has 1 aromatic carbocycles. The smallest absolute Gasteiger partial charge is 0.254 e. The third-order valence-corrected chi connectivity index (χ3v) is 2.48. The monoisotopic (exact) mass is 187 g/mol. The van der Waals surface area contributed by atoms with Crippen LogP contribution in [0, 0.1) is 6.92 Å². The minimum Gasteiger partial charge on any atom is -0.331 e. The molecule has 0 aromatic heterocycles. The lowest BCUT2D eigenvalue weighted by Gasteiger charge is -2.16.